The van der Waals surface area contributed by atoms with E-state index in [1.807, 2.05) is 29.2 Å². The molecule has 3 aromatic rings. The average molecular weight is 570 g/mol. The molecule has 5 rings (SSSR count). The number of amides is 1. The number of halogens is 1. The predicted octanol–water partition coefficient (Wildman–Crippen LogP) is 3.97. The van der Waals surface area contributed by atoms with Crippen molar-refractivity contribution in [3.8, 4) is 6.07 Å². The summed E-state index contributed by atoms with van der Waals surface area (Å²) in [5.41, 5.74) is 11.7. The van der Waals surface area contributed by atoms with E-state index in [4.69, 9.17) is 5.73 Å². The number of aryl methyl sites for hydroxylation is 2. The Kier molecular flexibility index (Phi) is 9.35. The number of hydrogen-bond acceptors (Lipinski definition) is 7. The van der Waals surface area contributed by atoms with Crippen molar-refractivity contribution in [3.05, 3.63) is 88.4 Å². The van der Waals surface area contributed by atoms with E-state index in [-0.39, 0.29) is 17.8 Å². The summed E-state index contributed by atoms with van der Waals surface area (Å²) in [7, 11) is 0. The van der Waals surface area contributed by atoms with Crippen molar-refractivity contribution < 1.29 is 9.18 Å². The largest absolute Gasteiger partial charge is 0.368 e. The van der Waals surface area contributed by atoms with E-state index in [1.54, 1.807) is 6.07 Å². The molecule has 1 atom stereocenters. The molecule has 2 N–H and O–H groups in total. The summed E-state index contributed by atoms with van der Waals surface area (Å²) in [5, 5.41) is 9.52. The van der Waals surface area contributed by atoms with Crippen molar-refractivity contribution in [2.45, 2.75) is 39.3 Å². The molecule has 2 saturated heterocycles. The van der Waals surface area contributed by atoms with Gasteiger partial charge in [0, 0.05) is 64.0 Å². The van der Waals surface area contributed by atoms with Gasteiger partial charge in [-0.15, -0.1) is 0 Å². The molecule has 9 heteroatoms. The number of nitrogens with zero attached hydrogens (tertiary/aromatic N) is 6. The Hall–Kier alpha value is -4.00. The number of nitrogens with two attached hydrogens (primary N) is 1. The molecular weight excluding hydrogens is 529 g/mol. The lowest BCUT2D eigenvalue weighted by Crippen LogP contribution is -2.54. The molecule has 0 saturated carbocycles. The predicted molar refractivity (Wildman–Crippen MR) is 164 cm³/mol. The van der Waals surface area contributed by atoms with Gasteiger partial charge in [-0.3, -0.25) is 9.69 Å². The second-order valence-corrected chi connectivity index (χ2v) is 11.3. The number of rotatable bonds is 8. The average Bonchev–Trinajstić information content (AvgIpc) is 3.01. The normalized spacial score (nSPS) is 17.8. The maximum Gasteiger partial charge on any atom is 0.254 e. The number of pyridine rings is 1. The molecule has 1 amide bonds. The summed E-state index contributed by atoms with van der Waals surface area (Å²) < 4.78 is 13.4. The monoisotopic (exact) mass is 569 g/mol. The van der Waals surface area contributed by atoms with E-state index in [2.05, 4.69) is 51.7 Å². The Bertz CT molecular complexity index is 1430. The highest BCUT2D eigenvalue weighted by Gasteiger charge is 2.30. The van der Waals surface area contributed by atoms with Crippen LogP contribution in [-0.4, -0.2) is 79.1 Å². The third-order valence-electron chi connectivity index (χ3n) is 8.50. The van der Waals surface area contributed by atoms with Crippen LogP contribution in [0.4, 0.5) is 15.9 Å². The van der Waals surface area contributed by atoms with Crippen molar-refractivity contribution in [1.82, 2.24) is 14.8 Å². The van der Waals surface area contributed by atoms with Crippen LogP contribution in [0.3, 0.4) is 0 Å². The van der Waals surface area contributed by atoms with Crippen LogP contribution in [0.15, 0.2) is 54.7 Å². The van der Waals surface area contributed by atoms with Crippen LogP contribution in [0.2, 0.25) is 0 Å². The Labute approximate surface area is 248 Å². The van der Waals surface area contributed by atoms with Crippen LogP contribution in [0.25, 0.3) is 0 Å². The van der Waals surface area contributed by atoms with Gasteiger partial charge < -0.3 is 20.4 Å². The number of benzene rings is 2. The number of carbonyl (C=O) groups is 1. The fourth-order valence-corrected chi connectivity index (χ4v) is 6.09. The van der Waals surface area contributed by atoms with Gasteiger partial charge in [-0.1, -0.05) is 18.2 Å². The second-order valence-electron chi connectivity index (χ2n) is 11.3. The van der Waals surface area contributed by atoms with E-state index in [0.29, 0.717) is 31.7 Å². The van der Waals surface area contributed by atoms with Gasteiger partial charge >= 0.3 is 0 Å². The van der Waals surface area contributed by atoms with Gasteiger partial charge in [0.25, 0.3) is 5.91 Å². The number of aromatic nitrogens is 1. The first-order chi connectivity index (χ1) is 20.4. The van der Waals surface area contributed by atoms with Crippen molar-refractivity contribution in [1.29, 1.82) is 5.26 Å². The van der Waals surface area contributed by atoms with Crippen LogP contribution >= 0.6 is 0 Å². The fraction of sp³-hybridized carbons (Fsp3) is 0.424. The molecule has 1 aromatic heterocycles. The zero-order valence-corrected chi connectivity index (χ0v) is 24.6. The number of carbonyl (C=O) groups excluding carboxylic acids is 1. The first-order valence-corrected chi connectivity index (χ1v) is 14.8. The van der Waals surface area contributed by atoms with Crippen LogP contribution in [0.5, 0.6) is 0 Å². The molecule has 0 aliphatic carbocycles. The molecular formula is C33H40FN7O. The lowest BCUT2D eigenvalue weighted by molar-refractivity contribution is 0.0672. The topological polar surface area (TPSA) is 92.7 Å². The molecule has 0 bridgehead atoms. The Morgan fingerprint density at radius 2 is 1.81 bits per heavy atom. The van der Waals surface area contributed by atoms with Crippen molar-refractivity contribution in [3.63, 3.8) is 0 Å². The zero-order chi connectivity index (χ0) is 29.6. The van der Waals surface area contributed by atoms with Gasteiger partial charge in [0.1, 0.15) is 17.7 Å². The summed E-state index contributed by atoms with van der Waals surface area (Å²) in [6, 6.07) is 17.5. The van der Waals surface area contributed by atoms with Crippen LogP contribution in [0, 0.1) is 24.1 Å². The molecule has 2 aromatic carbocycles. The zero-order valence-electron chi connectivity index (χ0n) is 24.6. The minimum atomic E-state index is -0.355. The van der Waals surface area contributed by atoms with E-state index in [1.165, 1.54) is 23.4 Å². The maximum atomic E-state index is 14.1. The molecule has 0 unspecified atom stereocenters. The summed E-state index contributed by atoms with van der Waals surface area (Å²) in [6.07, 6.45) is 2.83. The van der Waals surface area contributed by atoms with Crippen molar-refractivity contribution >= 4 is 17.4 Å². The first kappa shape index (κ1) is 29.5. The van der Waals surface area contributed by atoms with Crippen molar-refractivity contribution in [2.75, 3.05) is 62.2 Å². The number of hydrogen-bond donors (Lipinski definition) is 1. The second kappa shape index (κ2) is 13.3. The van der Waals surface area contributed by atoms with Gasteiger partial charge in [0.2, 0.25) is 0 Å². The van der Waals surface area contributed by atoms with Gasteiger partial charge in [-0.2, -0.15) is 5.26 Å². The molecule has 2 aliphatic heterocycles. The van der Waals surface area contributed by atoms with Gasteiger partial charge in [-0.05, 0) is 80.3 Å². The third-order valence-corrected chi connectivity index (χ3v) is 8.50. The van der Waals surface area contributed by atoms with E-state index in [9.17, 15) is 14.4 Å². The summed E-state index contributed by atoms with van der Waals surface area (Å²) in [6.45, 7) is 10.9. The number of para-hydroxylation sites is 1. The standard InChI is InChI=1S/C33H40FN7O/c1-24-18-26(7-5-11-35)30(33(42)41-17-16-40(22-25(41)2)32-10-9-29(34)21-37-32)19-28(24)23-38-12-14-39(15-13-38)31-8-4-3-6-27(31)20-36/h3-4,6,8-10,18-19,21,25H,5,7,11-17,22-23,35H2,1-2H3/t25-/m0/s1. The Morgan fingerprint density at radius 1 is 1.05 bits per heavy atom. The SMILES string of the molecule is Cc1cc(CCCN)c(C(=O)N2CCN(c3ccc(F)cn3)C[C@@H]2C)cc1CN1CCN(c2ccccc2C#N)CC1. The lowest BCUT2D eigenvalue weighted by Gasteiger charge is -2.41. The van der Waals surface area contributed by atoms with E-state index < -0.39 is 0 Å². The third kappa shape index (κ3) is 6.56. The van der Waals surface area contributed by atoms with Crippen molar-refractivity contribution in [2.24, 2.45) is 5.73 Å². The first-order valence-electron chi connectivity index (χ1n) is 14.8. The molecule has 220 valence electrons. The molecule has 2 aliphatic rings. The Balaban J connectivity index is 1.30. The minimum absolute atomic E-state index is 0.0189. The van der Waals surface area contributed by atoms with Gasteiger partial charge in [0.05, 0.1) is 17.4 Å². The smallest absolute Gasteiger partial charge is 0.254 e. The van der Waals surface area contributed by atoms with E-state index in [0.717, 1.165) is 68.2 Å². The summed E-state index contributed by atoms with van der Waals surface area (Å²) in [4.78, 5) is 27.1. The number of anilines is 2. The molecule has 2 fully saturated rings. The molecule has 0 radical (unpaired) electrons. The lowest BCUT2D eigenvalue weighted by atomic mass is 9.94. The minimum Gasteiger partial charge on any atom is -0.368 e. The van der Waals surface area contributed by atoms with Gasteiger partial charge in [0.15, 0.2) is 0 Å². The van der Waals surface area contributed by atoms with Crippen LogP contribution < -0.4 is 15.5 Å². The molecule has 0 spiro atoms. The fourth-order valence-electron chi connectivity index (χ4n) is 6.09. The Morgan fingerprint density at radius 3 is 2.50 bits per heavy atom. The summed E-state index contributed by atoms with van der Waals surface area (Å²) in [5.74, 6) is 0.431. The highest BCUT2D eigenvalue weighted by molar-refractivity contribution is 5.96. The van der Waals surface area contributed by atoms with E-state index >= 15 is 0 Å². The van der Waals surface area contributed by atoms with Gasteiger partial charge in [-0.25, -0.2) is 9.37 Å². The molecule has 3 heterocycles. The molecule has 8 nitrogen and oxygen atoms in total. The summed E-state index contributed by atoms with van der Waals surface area (Å²) >= 11 is 0. The highest BCUT2D eigenvalue weighted by atomic mass is 19.1. The quantitative estimate of drug-likeness (QED) is 0.439. The molecule has 42 heavy (non-hydrogen) atoms. The maximum absolute atomic E-state index is 14.1. The van der Waals surface area contributed by atoms with Crippen LogP contribution in [0.1, 0.15) is 46.0 Å². The van der Waals surface area contributed by atoms with Crippen LogP contribution in [-0.2, 0) is 13.0 Å². The number of piperazine rings is 2. The highest BCUT2D eigenvalue weighted by Crippen LogP contribution is 2.26. The number of nitriles is 1.